The Morgan fingerprint density at radius 1 is 1.13 bits per heavy atom. The minimum absolute atomic E-state index is 0.0136. The third-order valence-electron chi connectivity index (χ3n) is 6.46. The van der Waals surface area contributed by atoms with Gasteiger partial charge in [0.1, 0.15) is 6.07 Å². The maximum Gasteiger partial charge on any atom is 0.317 e. The summed E-state index contributed by atoms with van der Waals surface area (Å²) in [4.78, 5) is 24.5. The number of benzene rings is 2. The van der Waals surface area contributed by atoms with Crippen LogP contribution in [0.15, 0.2) is 76.3 Å². The number of morpholine rings is 1. The van der Waals surface area contributed by atoms with Crippen LogP contribution in [-0.4, -0.2) is 58.8 Å². The third kappa shape index (κ3) is 4.93. The predicted octanol–water partition coefficient (Wildman–Crippen LogP) is 3.46. The van der Waals surface area contributed by atoms with E-state index in [4.69, 9.17) is 14.1 Å². The summed E-state index contributed by atoms with van der Waals surface area (Å²) in [5.41, 5.74) is 4.54. The molecule has 4 heterocycles. The maximum atomic E-state index is 13.2. The molecule has 1 amide bonds. The van der Waals surface area contributed by atoms with E-state index in [-0.39, 0.29) is 23.9 Å². The number of rotatable bonds is 5. The van der Waals surface area contributed by atoms with Gasteiger partial charge in [-0.1, -0.05) is 53.6 Å². The van der Waals surface area contributed by atoms with Crippen molar-refractivity contribution < 1.29 is 13.9 Å². The fourth-order valence-electron chi connectivity index (χ4n) is 4.63. The number of para-hydroxylation sites is 1. The first-order valence-corrected chi connectivity index (χ1v) is 12.5. The summed E-state index contributed by atoms with van der Waals surface area (Å²) in [7, 11) is 0. The molecule has 2 aliphatic rings. The highest BCUT2D eigenvalue weighted by Crippen LogP contribution is 2.31. The van der Waals surface area contributed by atoms with Gasteiger partial charge in [0, 0.05) is 30.4 Å². The lowest BCUT2D eigenvalue weighted by molar-refractivity contribution is -0.116. The summed E-state index contributed by atoms with van der Waals surface area (Å²) in [6, 6.07) is 21.1. The number of anilines is 3. The van der Waals surface area contributed by atoms with Crippen molar-refractivity contribution in [3.8, 4) is 17.7 Å². The zero-order chi connectivity index (χ0) is 26.8. The second-order valence-electron chi connectivity index (χ2n) is 9.17. The van der Waals surface area contributed by atoms with Crippen LogP contribution in [0.25, 0.3) is 11.6 Å². The average Bonchev–Trinajstić information content (AvgIpc) is 3.38. The van der Waals surface area contributed by atoms with Gasteiger partial charge in [-0.3, -0.25) is 4.79 Å². The Hall–Kier alpha value is -5.08. The van der Waals surface area contributed by atoms with E-state index in [2.05, 4.69) is 36.8 Å². The van der Waals surface area contributed by atoms with Crippen molar-refractivity contribution in [1.82, 2.24) is 15.2 Å². The van der Waals surface area contributed by atoms with E-state index in [0.29, 0.717) is 48.0 Å². The van der Waals surface area contributed by atoms with Crippen LogP contribution in [-0.2, 0) is 9.53 Å². The van der Waals surface area contributed by atoms with Crippen LogP contribution in [0, 0.1) is 11.3 Å². The minimum atomic E-state index is -1.03. The molecular formula is C28H24N8O3. The molecule has 0 radical (unpaired) electrons. The zero-order valence-corrected chi connectivity index (χ0v) is 21.0. The topological polar surface area (TPSA) is 142 Å². The lowest BCUT2D eigenvalue weighted by atomic mass is 10.0. The molecule has 1 fully saturated rings. The molecule has 11 nitrogen and oxygen atoms in total. The molecule has 39 heavy (non-hydrogen) atoms. The van der Waals surface area contributed by atoms with Crippen molar-refractivity contribution in [3.63, 3.8) is 0 Å². The van der Waals surface area contributed by atoms with E-state index in [1.54, 1.807) is 6.07 Å². The zero-order valence-electron chi connectivity index (χ0n) is 21.0. The molecule has 4 aromatic rings. The molecular weight excluding hydrogens is 496 g/mol. The SMILES string of the molecule is C[C@@H]1CN(c2cc(C#N)cnc2-c2nnc(N[C@H]3N=C(c4ccccc4)c4ccccc4NC3=O)o2)CCO1. The van der Waals surface area contributed by atoms with Gasteiger partial charge in [-0.25, -0.2) is 9.98 Å². The van der Waals surface area contributed by atoms with E-state index in [1.807, 2.05) is 61.5 Å². The minimum Gasteiger partial charge on any atom is -0.402 e. The monoisotopic (exact) mass is 520 g/mol. The number of hydrogen-bond acceptors (Lipinski definition) is 10. The Bertz CT molecular complexity index is 1590. The molecule has 2 N–H and O–H groups in total. The highest BCUT2D eigenvalue weighted by molar-refractivity contribution is 6.19. The summed E-state index contributed by atoms with van der Waals surface area (Å²) in [5.74, 6) is -0.215. The average molecular weight is 521 g/mol. The number of benzodiazepines with no additional fused rings is 1. The van der Waals surface area contributed by atoms with Crippen molar-refractivity contribution in [3.05, 3.63) is 83.6 Å². The highest BCUT2D eigenvalue weighted by atomic mass is 16.5. The largest absolute Gasteiger partial charge is 0.402 e. The first-order chi connectivity index (χ1) is 19.1. The van der Waals surface area contributed by atoms with Gasteiger partial charge in [0.05, 0.1) is 35.4 Å². The predicted molar refractivity (Wildman–Crippen MR) is 144 cm³/mol. The van der Waals surface area contributed by atoms with Gasteiger partial charge >= 0.3 is 6.01 Å². The van der Waals surface area contributed by atoms with Crippen LogP contribution < -0.4 is 15.5 Å². The van der Waals surface area contributed by atoms with Gasteiger partial charge in [0.25, 0.3) is 11.8 Å². The fourth-order valence-corrected chi connectivity index (χ4v) is 4.63. The summed E-state index contributed by atoms with van der Waals surface area (Å²) >= 11 is 0. The number of nitrogens with zero attached hydrogens (tertiary/aromatic N) is 6. The second kappa shape index (κ2) is 10.4. The molecule has 2 aromatic carbocycles. The van der Waals surface area contributed by atoms with Gasteiger partial charge in [-0.15, -0.1) is 5.10 Å². The number of pyridine rings is 1. The first-order valence-electron chi connectivity index (χ1n) is 12.5. The third-order valence-corrected chi connectivity index (χ3v) is 6.46. The molecule has 0 bridgehead atoms. The molecule has 0 unspecified atom stereocenters. The van der Waals surface area contributed by atoms with Gasteiger partial charge < -0.3 is 24.7 Å². The number of carbonyl (C=O) groups excluding carboxylic acids is 1. The summed E-state index contributed by atoms with van der Waals surface area (Å²) in [6.07, 6.45) is 0.452. The Labute approximate surface area is 224 Å². The summed E-state index contributed by atoms with van der Waals surface area (Å²) < 4.78 is 11.6. The molecule has 1 saturated heterocycles. The standard InChI is InChI=1S/C28H24N8O3/c1-17-16-36(11-12-38-17)22-13-18(14-29)15-30-24(22)27-34-35-28(39-27)33-25-26(37)31-21-10-6-5-9-20(21)23(32-25)19-7-3-2-4-8-19/h2-10,13,15,17,25H,11-12,16H2,1H3,(H,31,37)(H,33,35)/t17-,25-/m1/s1. The fraction of sp³-hybridized carbons (Fsp3) is 0.214. The van der Waals surface area contributed by atoms with E-state index < -0.39 is 6.17 Å². The van der Waals surface area contributed by atoms with E-state index in [0.717, 1.165) is 11.1 Å². The molecule has 2 atom stereocenters. The van der Waals surface area contributed by atoms with Crippen molar-refractivity contribution in [2.24, 2.45) is 4.99 Å². The second-order valence-corrected chi connectivity index (χ2v) is 9.17. The van der Waals surface area contributed by atoms with Gasteiger partial charge in [0.2, 0.25) is 6.17 Å². The number of hydrogen-bond donors (Lipinski definition) is 2. The Morgan fingerprint density at radius 2 is 1.95 bits per heavy atom. The van der Waals surface area contributed by atoms with Crippen LogP contribution in [0.5, 0.6) is 0 Å². The number of carbonyl (C=O) groups is 1. The van der Waals surface area contributed by atoms with Crippen molar-refractivity contribution in [2.75, 3.05) is 35.2 Å². The number of nitriles is 1. The molecule has 0 spiro atoms. The smallest absolute Gasteiger partial charge is 0.317 e. The Kier molecular flexibility index (Phi) is 6.44. The van der Waals surface area contributed by atoms with Crippen molar-refractivity contribution in [1.29, 1.82) is 5.26 Å². The Morgan fingerprint density at radius 3 is 2.77 bits per heavy atom. The van der Waals surface area contributed by atoms with Crippen molar-refractivity contribution >= 4 is 29.0 Å². The quantitative estimate of drug-likeness (QED) is 0.405. The van der Waals surface area contributed by atoms with Gasteiger partial charge in [-0.2, -0.15) is 5.26 Å². The summed E-state index contributed by atoms with van der Waals surface area (Å²) in [6.45, 7) is 3.80. The summed E-state index contributed by atoms with van der Waals surface area (Å²) in [5, 5.41) is 23.6. The number of aliphatic imine (C=N–C) groups is 1. The lowest BCUT2D eigenvalue weighted by Gasteiger charge is -2.33. The Balaban J connectivity index is 1.33. The van der Waals surface area contributed by atoms with Crippen LogP contribution in [0.3, 0.4) is 0 Å². The number of nitrogens with one attached hydrogen (secondary N) is 2. The van der Waals surface area contributed by atoms with E-state index in [9.17, 15) is 10.1 Å². The van der Waals surface area contributed by atoms with E-state index in [1.165, 1.54) is 6.20 Å². The molecule has 11 heteroatoms. The van der Waals surface area contributed by atoms with Crippen LogP contribution in [0.4, 0.5) is 17.4 Å². The number of amides is 1. The lowest BCUT2D eigenvalue weighted by Crippen LogP contribution is -2.41. The van der Waals surface area contributed by atoms with Gasteiger partial charge in [0.15, 0.2) is 5.69 Å². The van der Waals surface area contributed by atoms with Gasteiger partial charge in [-0.05, 0) is 19.1 Å². The normalized spacial score (nSPS) is 18.8. The van der Waals surface area contributed by atoms with Crippen molar-refractivity contribution in [2.45, 2.75) is 19.2 Å². The molecule has 194 valence electrons. The number of ether oxygens (including phenoxy) is 1. The molecule has 0 saturated carbocycles. The molecule has 6 rings (SSSR count). The molecule has 2 aromatic heterocycles. The van der Waals surface area contributed by atoms with Crippen LogP contribution >= 0.6 is 0 Å². The molecule has 2 aliphatic heterocycles. The highest BCUT2D eigenvalue weighted by Gasteiger charge is 2.28. The first kappa shape index (κ1) is 24.3. The maximum absolute atomic E-state index is 13.2. The number of aromatic nitrogens is 3. The molecule has 0 aliphatic carbocycles. The van der Waals surface area contributed by atoms with Crippen LogP contribution in [0.1, 0.15) is 23.6 Å². The number of fused-ring (bicyclic) bond motifs is 1. The van der Waals surface area contributed by atoms with E-state index >= 15 is 0 Å². The van der Waals surface area contributed by atoms with Crippen LogP contribution in [0.2, 0.25) is 0 Å².